The fraction of sp³-hybridized carbons (Fsp3) is 0.318. The lowest BCUT2D eigenvalue weighted by Crippen LogP contribution is -2.46. The summed E-state index contributed by atoms with van der Waals surface area (Å²) in [5.41, 5.74) is 8.60. The summed E-state index contributed by atoms with van der Waals surface area (Å²) in [4.78, 5) is 50.3. The molecule has 4 N–H and O–H groups in total. The molecule has 1 saturated heterocycles. The van der Waals surface area contributed by atoms with Crippen LogP contribution in [0.15, 0.2) is 41.3 Å². The Kier molecular flexibility index (Phi) is 5.41. The van der Waals surface area contributed by atoms with Gasteiger partial charge in [0, 0.05) is 12.6 Å². The van der Waals surface area contributed by atoms with Gasteiger partial charge in [-0.05, 0) is 55.5 Å². The Morgan fingerprint density at radius 1 is 1.23 bits per heavy atom. The molecule has 0 bridgehead atoms. The highest BCUT2D eigenvalue weighted by Gasteiger charge is 2.35. The summed E-state index contributed by atoms with van der Waals surface area (Å²) in [7, 11) is 0. The zero-order valence-electron chi connectivity index (χ0n) is 17.4. The van der Waals surface area contributed by atoms with E-state index in [0.29, 0.717) is 46.8 Å². The topological polar surface area (TPSA) is 134 Å². The van der Waals surface area contributed by atoms with E-state index in [9.17, 15) is 14.4 Å². The lowest BCUT2D eigenvalue weighted by atomic mass is 9.92. The smallest absolute Gasteiger partial charge is 0.313 e. The predicted octanol–water partition coefficient (Wildman–Crippen LogP) is 2.15. The molecule has 1 aliphatic rings. The number of aromatic nitrogens is 3. The van der Waals surface area contributed by atoms with E-state index in [1.165, 1.54) is 12.3 Å². The largest absolute Gasteiger partial charge is 0.383 e. The zero-order chi connectivity index (χ0) is 22.1. The molecule has 2 atom stereocenters. The Morgan fingerprint density at radius 2 is 2.03 bits per heavy atom. The maximum absolute atomic E-state index is 13.1. The fourth-order valence-electron chi connectivity index (χ4n) is 3.89. The minimum absolute atomic E-state index is 0.200. The molecule has 0 spiro atoms. The number of nitrogens with one attached hydrogen (secondary N) is 2. The average molecular weight is 420 g/mol. The molecule has 0 radical (unpaired) electrons. The minimum Gasteiger partial charge on any atom is -0.383 e. The van der Waals surface area contributed by atoms with E-state index in [1.807, 2.05) is 0 Å². The summed E-state index contributed by atoms with van der Waals surface area (Å²) < 4.78 is 0. The summed E-state index contributed by atoms with van der Waals surface area (Å²) >= 11 is 0. The summed E-state index contributed by atoms with van der Waals surface area (Å²) in [6, 6.07) is 8.00. The Morgan fingerprint density at radius 3 is 2.81 bits per heavy atom. The van der Waals surface area contributed by atoms with Crippen LogP contribution in [0.2, 0.25) is 0 Å². The highest BCUT2D eigenvalue weighted by atomic mass is 16.2. The van der Waals surface area contributed by atoms with E-state index in [2.05, 4.69) is 27.2 Å². The van der Waals surface area contributed by atoms with E-state index in [-0.39, 0.29) is 17.5 Å². The number of aryl methyl sites for hydroxylation is 1. The number of carbonyl (C=O) groups excluding carboxylic acids is 2. The van der Waals surface area contributed by atoms with Gasteiger partial charge in [0.25, 0.3) is 0 Å². The number of hydrogen-bond donors (Lipinski definition) is 3. The molecule has 2 amide bonds. The van der Waals surface area contributed by atoms with Crippen molar-refractivity contribution >= 4 is 34.4 Å². The van der Waals surface area contributed by atoms with Crippen LogP contribution >= 0.6 is 0 Å². The molecular weight excluding hydrogens is 396 g/mol. The predicted molar refractivity (Wildman–Crippen MR) is 117 cm³/mol. The molecule has 4 rings (SSSR count). The lowest BCUT2D eigenvalue weighted by molar-refractivity contribution is -0.146. The normalized spacial score (nSPS) is 18.7. The van der Waals surface area contributed by atoms with E-state index < -0.39 is 11.8 Å². The monoisotopic (exact) mass is 420 g/mol. The van der Waals surface area contributed by atoms with Crippen molar-refractivity contribution in [1.29, 1.82) is 0 Å². The molecule has 1 fully saturated rings. The van der Waals surface area contributed by atoms with Crippen molar-refractivity contribution in [3.05, 3.63) is 58.1 Å². The third kappa shape index (κ3) is 4.25. The number of H-pyrrole nitrogens is 1. The van der Waals surface area contributed by atoms with Crippen molar-refractivity contribution in [3.63, 3.8) is 0 Å². The number of likely N-dealkylation sites (tertiary alicyclic amines) is 1. The Labute approximate surface area is 178 Å². The summed E-state index contributed by atoms with van der Waals surface area (Å²) in [5, 5.41) is 2.62. The standard InChI is InChI=1S/C22H24N6O3/c1-12-3-7-18(17-5-4-16-15(26-17)6-8-19(29)27-16)28(11-12)22(31)21(30)25-14-9-13(2)20(23)24-10-14/h4-6,8-10,12,18H,3,7,11H2,1-2H3,(H2,23,24)(H,25,30)(H,27,29)/t12-,18+/m1/s1. The van der Waals surface area contributed by atoms with E-state index in [0.717, 1.165) is 6.42 Å². The van der Waals surface area contributed by atoms with Crippen LogP contribution in [0.25, 0.3) is 11.0 Å². The zero-order valence-corrected chi connectivity index (χ0v) is 17.4. The van der Waals surface area contributed by atoms with Gasteiger partial charge in [-0.25, -0.2) is 9.97 Å². The number of rotatable bonds is 2. The van der Waals surface area contributed by atoms with E-state index in [4.69, 9.17) is 5.73 Å². The third-order valence-electron chi connectivity index (χ3n) is 5.59. The van der Waals surface area contributed by atoms with Gasteiger partial charge in [-0.15, -0.1) is 0 Å². The number of nitrogens with zero attached hydrogens (tertiary/aromatic N) is 3. The lowest BCUT2D eigenvalue weighted by Gasteiger charge is -2.38. The SMILES string of the molecule is Cc1cc(NC(=O)C(=O)N2C[C@H](C)CC[C@H]2c2ccc3[nH]c(=O)ccc3n2)cnc1N. The fourth-order valence-corrected chi connectivity index (χ4v) is 3.89. The third-order valence-corrected chi connectivity index (χ3v) is 5.59. The average Bonchev–Trinajstić information content (AvgIpc) is 2.75. The van der Waals surface area contributed by atoms with Crippen LogP contribution in [0.5, 0.6) is 0 Å². The van der Waals surface area contributed by atoms with Crippen molar-refractivity contribution in [2.75, 3.05) is 17.6 Å². The summed E-state index contributed by atoms with van der Waals surface area (Å²) in [6.07, 6.45) is 3.04. The van der Waals surface area contributed by atoms with Crippen LogP contribution in [0.4, 0.5) is 11.5 Å². The molecule has 1 aliphatic heterocycles. The molecule has 31 heavy (non-hydrogen) atoms. The Balaban J connectivity index is 1.60. The van der Waals surface area contributed by atoms with E-state index >= 15 is 0 Å². The van der Waals surface area contributed by atoms with Crippen LogP contribution in [0, 0.1) is 12.8 Å². The highest BCUT2D eigenvalue weighted by molar-refractivity contribution is 6.39. The van der Waals surface area contributed by atoms with Crippen molar-refractivity contribution in [1.82, 2.24) is 19.9 Å². The van der Waals surface area contributed by atoms with Gasteiger partial charge in [0.05, 0.1) is 34.7 Å². The van der Waals surface area contributed by atoms with Crippen molar-refractivity contribution in [2.45, 2.75) is 32.7 Å². The number of nitrogens with two attached hydrogens (primary N) is 1. The number of hydrogen-bond acceptors (Lipinski definition) is 6. The molecule has 0 aromatic carbocycles. The second-order valence-electron chi connectivity index (χ2n) is 8.03. The Hall–Kier alpha value is -3.75. The van der Waals surface area contributed by atoms with Crippen LogP contribution < -0.4 is 16.6 Å². The number of nitrogen functional groups attached to an aromatic ring is 1. The number of carbonyl (C=O) groups is 2. The van der Waals surface area contributed by atoms with Crippen LogP contribution in [-0.2, 0) is 9.59 Å². The first-order valence-corrected chi connectivity index (χ1v) is 10.2. The van der Waals surface area contributed by atoms with Gasteiger partial charge in [0.1, 0.15) is 5.82 Å². The molecule has 0 saturated carbocycles. The number of pyridine rings is 3. The molecule has 9 heteroatoms. The molecule has 0 unspecified atom stereocenters. The first kappa shape index (κ1) is 20.5. The molecule has 3 aromatic rings. The van der Waals surface area contributed by atoms with Crippen LogP contribution in [0.3, 0.4) is 0 Å². The van der Waals surface area contributed by atoms with Gasteiger partial charge < -0.3 is 20.9 Å². The molecule has 4 heterocycles. The van der Waals surface area contributed by atoms with Gasteiger partial charge in [-0.2, -0.15) is 0 Å². The van der Waals surface area contributed by atoms with Crippen molar-refractivity contribution in [2.24, 2.45) is 5.92 Å². The molecule has 9 nitrogen and oxygen atoms in total. The Bertz CT molecular complexity index is 1220. The number of anilines is 2. The van der Waals surface area contributed by atoms with E-state index in [1.54, 1.807) is 36.1 Å². The maximum atomic E-state index is 13.1. The highest BCUT2D eigenvalue weighted by Crippen LogP contribution is 2.33. The van der Waals surface area contributed by atoms with Gasteiger partial charge in [-0.3, -0.25) is 14.4 Å². The summed E-state index contributed by atoms with van der Waals surface area (Å²) in [6.45, 7) is 4.29. The van der Waals surface area contributed by atoms with Crippen LogP contribution in [0.1, 0.15) is 37.1 Å². The quantitative estimate of drug-likeness (QED) is 0.544. The summed E-state index contributed by atoms with van der Waals surface area (Å²) in [5.74, 6) is -0.701. The first-order valence-electron chi connectivity index (χ1n) is 10.2. The number of fused-ring (bicyclic) bond motifs is 1. The second kappa shape index (κ2) is 8.17. The number of amides is 2. The molecule has 0 aliphatic carbocycles. The van der Waals surface area contributed by atoms with Gasteiger partial charge in [0.15, 0.2) is 0 Å². The van der Waals surface area contributed by atoms with Crippen molar-refractivity contribution < 1.29 is 9.59 Å². The number of aromatic amines is 1. The molecule has 3 aromatic heterocycles. The van der Waals surface area contributed by atoms with Crippen LogP contribution in [-0.4, -0.2) is 38.2 Å². The van der Waals surface area contributed by atoms with Gasteiger partial charge in [0.2, 0.25) is 5.56 Å². The maximum Gasteiger partial charge on any atom is 0.313 e. The van der Waals surface area contributed by atoms with Gasteiger partial charge >= 0.3 is 11.8 Å². The minimum atomic E-state index is -0.727. The molecule has 160 valence electrons. The molecular formula is C22H24N6O3. The second-order valence-corrected chi connectivity index (χ2v) is 8.03. The van der Waals surface area contributed by atoms with Crippen molar-refractivity contribution in [3.8, 4) is 0 Å². The first-order chi connectivity index (χ1) is 14.8. The number of piperidine rings is 1. The van der Waals surface area contributed by atoms with Gasteiger partial charge in [-0.1, -0.05) is 6.92 Å².